The van der Waals surface area contributed by atoms with Gasteiger partial charge in [0.1, 0.15) is 0 Å². The highest BCUT2D eigenvalue weighted by Crippen LogP contribution is 2.10. The Labute approximate surface area is 120 Å². The molecule has 0 atom stereocenters. The Hall–Kier alpha value is -1.59. The summed E-state index contributed by atoms with van der Waals surface area (Å²) in [4.78, 5) is 14.1. The monoisotopic (exact) mass is 277 g/mol. The largest absolute Gasteiger partial charge is 0.379 e. The van der Waals surface area contributed by atoms with Crippen molar-refractivity contribution in [3.8, 4) is 0 Å². The zero-order chi connectivity index (χ0) is 14.2. The molecule has 5 heteroatoms. The fraction of sp³-hybridized carbons (Fsp3) is 0.533. The zero-order valence-electron chi connectivity index (χ0n) is 12.0. The van der Waals surface area contributed by atoms with E-state index in [2.05, 4.69) is 28.5 Å². The van der Waals surface area contributed by atoms with Crippen molar-refractivity contribution in [2.45, 2.75) is 13.3 Å². The summed E-state index contributed by atoms with van der Waals surface area (Å²) in [6.45, 7) is 7.09. The number of amides is 2. The van der Waals surface area contributed by atoms with Crippen molar-refractivity contribution in [3.05, 3.63) is 29.8 Å². The summed E-state index contributed by atoms with van der Waals surface area (Å²) in [6.07, 6.45) is 0.966. The minimum Gasteiger partial charge on any atom is -0.379 e. The highest BCUT2D eigenvalue weighted by atomic mass is 16.5. The van der Waals surface area contributed by atoms with Gasteiger partial charge in [-0.1, -0.05) is 19.1 Å². The third kappa shape index (κ3) is 4.83. The molecule has 0 radical (unpaired) electrons. The van der Waals surface area contributed by atoms with Gasteiger partial charge in [0.15, 0.2) is 0 Å². The topological polar surface area (TPSA) is 53.6 Å². The third-order valence-electron chi connectivity index (χ3n) is 3.41. The molecule has 1 aromatic rings. The van der Waals surface area contributed by atoms with E-state index in [0.29, 0.717) is 6.54 Å². The van der Waals surface area contributed by atoms with Gasteiger partial charge in [0.25, 0.3) is 0 Å². The Bertz CT molecular complexity index is 431. The number of carbonyl (C=O) groups excluding carboxylic acids is 1. The zero-order valence-corrected chi connectivity index (χ0v) is 12.0. The standard InChI is InChI=1S/C15H23N3O2/c1-2-13-4-3-5-14(12-13)17-15(19)16-6-7-18-8-10-20-11-9-18/h3-5,12H,2,6-11H2,1H3,(H2,16,17,19). The van der Waals surface area contributed by atoms with Crippen LogP contribution >= 0.6 is 0 Å². The van der Waals surface area contributed by atoms with Crippen molar-refractivity contribution < 1.29 is 9.53 Å². The molecule has 1 heterocycles. The second-order valence-corrected chi connectivity index (χ2v) is 4.89. The Balaban J connectivity index is 1.69. The smallest absolute Gasteiger partial charge is 0.319 e. The quantitative estimate of drug-likeness (QED) is 0.861. The van der Waals surface area contributed by atoms with Crippen molar-refractivity contribution in [3.63, 3.8) is 0 Å². The van der Waals surface area contributed by atoms with Crippen LogP contribution in [0.5, 0.6) is 0 Å². The van der Waals surface area contributed by atoms with Crippen LogP contribution in [0.1, 0.15) is 12.5 Å². The first-order valence-electron chi connectivity index (χ1n) is 7.22. The molecule has 5 nitrogen and oxygen atoms in total. The number of hydrogen-bond donors (Lipinski definition) is 2. The molecule has 110 valence electrons. The fourth-order valence-corrected chi connectivity index (χ4v) is 2.20. The summed E-state index contributed by atoms with van der Waals surface area (Å²) in [7, 11) is 0. The van der Waals surface area contributed by atoms with E-state index >= 15 is 0 Å². The number of morpholine rings is 1. The van der Waals surface area contributed by atoms with Crippen molar-refractivity contribution >= 4 is 11.7 Å². The molecule has 1 aromatic carbocycles. The number of carbonyl (C=O) groups is 1. The van der Waals surface area contributed by atoms with Crippen LogP contribution < -0.4 is 10.6 Å². The highest BCUT2D eigenvalue weighted by molar-refractivity contribution is 5.89. The summed E-state index contributed by atoms with van der Waals surface area (Å²) in [6, 6.07) is 7.78. The van der Waals surface area contributed by atoms with Crippen LogP contribution in [-0.4, -0.2) is 50.3 Å². The number of urea groups is 1. The van der Waals surface area contributed by atoms with Gasteiger partial charge in [-0.25, -0.2) is 4.79 Å². The van der Waals surface area contributed by atoms with Gasteiger partial charge in [0.05, 0.1) is 13.2 Å². The van der Waals surface area contributed by atoms with Gasteiger partial charge in [-0.2, -0.15) is 0 Å². The predicted octanol–water partition coefficient (Wildman–Crippen LogP) is 1.70. The first kappa shape index (κ1) is 14.8. The second-order valence-electron chi connectivity index (χ2n) is 4.89. The van der Waals surface area contributed by atoms with E-state index in [1.54, 1.807) is 0 Å². The average molecular weight is 277 g/mol. The van der Waals surface area contributed by atoms with Crippen molar-refractivity contribution in [2.24, 2.45) is 0 Å². The highest BCUT2D eigenvalue weighted by Gasteiger charge is 2.10. The molecule has 2 amide bonds. The van der Waals surface area contributed by atoms with E-state index in [-0.39, 0.29) is 6.03 Å². The van der Waals surface area contributed by atoms with Gasteiger partial charge < -0.3 is 15.4 Å². The second kappa shape index (κ2) is 7.87. The van der Waals surface area contributed by atoms with E-state index < -0.39 is 0 Å². The molecule has 0 aliphatic carbocycles. The van der Waals surface area contributed by atoms with Crippen LogP contribution in [0.2, 0.25) is 0 Å². The molecule has 0 saturated carbocycles. The van der Waals surface area contributed by atoms with E-state index in [1.807, 2.05) is 18.2 Å². The molecule has 1 aliphatic rings. The van der Waals surface area contributed by atoms with Crippen LogP contribution in [0.15, 0.2) is 24.3 Å². The fourth-order valence-electron chi connectivity index (χ4n) is 2.20. The van der Waals surface area contributed by atoms with E-state index in [0.717, 1.165) is 45.0 Å². The third-order valence-corrected chi connectivity index (χ3v) is 3.41. The molecule has 2 rings (SSSR count). The maximum Gasteiger partial charge on any atom is 0.319 e. The number of hydrogen-bond acceptors (Lipinski definition) is 3. The molecule has 0 unspecified atom stereocenters. The molecular weight excluding hydrogens is 254 g/mol. The first-order valence-corrected chi connectivity index (χ1v) is 7.22. The van der Waals surface area contributed by atoms with Gasteiger partial charge in [-0.05, 0) is 24.1 Å². The number of anilines is 1. The molecule has 1 saturated heterocycles. The molecule has 0 bridgehead atoms. The normalized spacial score (nSPS) is 15.8. The lowest BCUT2D eigenvalue weighted by Gasteiger charge is -2.26. The summed E-state index contributed by atoms with van der Waals surface area (Å²) in [5.41, 5.74) is 2.06. The van der Waals surface area contributed by atoms with Gasteiger partial charge in [-0.3, -0.25) is 4.90 Å². The minimum atomic E-state index is -0.147. The molecule has 20 heavy (non-hydrogen) atoms. The number of rotatable bonds is 5. The molecular formula is C15H23N3O2. The Kier molecular flexibility index (Phi) is 5.83. The Morgan fingerprint density at radius 1 is 1.35 bits per heavy atom. The van der Waals surface area contributed by atoms with Crippen molar-refractivity contribution in [1.82, 2.24) is 10.2 Å². The molecule has 2 N–H and O–H groups in total. The molecule has 1 fully saturated rings. The number of aryl methyl sites for hydroxylation is 1. The van der Waals surface area contributed by atoms with Gasteiger partial charge in [0.2, 0.25) is 0 Å². The van der Waals surface area contributed by atoms with E-state index in [9.17, 15) is 4.79 Å². The van der Waals surface area contributed by atoms with Crippen LogP contribution in [0.4, 0.5) is 10.5 Å². The number of nitrogens with zero attached hydrogens (tertiary/aromatic N) is 1. The number of ether oxygens (including phenoxy) is 1. The lowest BCUT2D eigenvalue weighted by atomic mass is 10.1. The van der Waals surface area contributed by atoms with Crippen LogP contribution in [0, 0.1) is 0 Å². The predicted molar refractivity (Wildman–Crippen MR) is 80.1 cm³/mol. The molecule has 1 aliphatic heterocycles. The maximum atomic E-state index is 11.8. The Morgan fingerprint density at radius 3 is 2.90 bits per heavy atom. The van der Waals surface area contributed by atoms with Gasteiger partial charge in [0, 0.05) is 31.9 Å². The molecule has 0 spiro atoms. The maximum absolute atomic E-state index is 11.8. The SMILES string of the molecule is CCc1cccc(NC(=O)NCCN2CCOCC2)c1. The number of nitrogens with one attached hydrogen (secondary N) is 2. The summed E-state index contributed by atoms with van der Waals surface area (Å²) in [5, 5.41) is 5.74. The summed E-state index contributed by atoms with van der Waals surface area (Å²) in [5.74, 6) is 0. The molecule has 0 aromatic heterocycles. The lowest BCUT2D eigenvalue weighted by molar-refractivity contribution is 0.0388. The van der Waals surface area contributed by atoms with Crippen LogP contribution in [0.3, 0.4) is 0 Å². The van der Waals surface area contributed by atoms with Gasteiger partial charge >= 0.3 is 6.03 Å². The van der Waals surface area contributed by atoms with E-state index in [1.165, 1.54) is 5.56 Å². The van der Waals surface area contributed by atoms with Gasteiger partial charge in [-0.15, -0.1) is 0 Å². The summed E-state index contributed by atoms with van der Waals surface area (Å²) < 4.78 is 5.29. The minimum absolute atomic E-state index is 0.147. The number of benzene rings is 1. The average Bonchev–Trinajstić information content (AvgIpc) is 2.48. The van der Waals surface area contributed by atoms with Crippen LogP contribution in [-0.2, 0) is 11.2 Å². The lowest BCUT2D eigenvalue weighted by Crippen LogP contribution is -2.42. The van der Waals surface area contributed by atoms with Crippen molar-refractivity contribution in [1.29, 1.82) is 0 Å². The van der Waals surface area contributed by atoms with Crippen LogP contribution in [0.25, 0.3) is 0 Å². The van der Waals surface area contributed by atoms with E-state index in [4.69, 9.17) is 4.74 Å². The first-order chi connectivity index (χ1) is 9.78. The Morgan fingerprint density at radius 2 is 2.15 bits per heavy atom. The van der Waals surface area contributed by atoms with Crippen molar-refractivity contribution in [2.75, 3.05) is 44.7 Å². The summed E-state index contributed by atoms with van der Waals surface area (Å²) >= 11 is 0.